The van der Waals surface area contributed by atoms with Crippen LogP contribution >= 0.6 is 0 Å². The van der Waals surface area contributed by atoms with Gasteiger partial charge in [0.25, 0.3) is 0 Å². The normalized spacial score (nSPS) is 9.95. The van der Waals surface area contributed by atoms with Crippen molar-refractivity contribution in [3.63, 3.8) is 0 Å². The standard InChI is InChI=1S/C14H13NO3.Y/c1-4-18-14(17)10-7-15-11-6-5-8(2)9(3)12(11)13(10)16;/h5-7H,2-4H2,1H3,(H,15,16);/q-2;. The van der Waals surface area contributed by atoms with E-state index in [1.165, 1.54) is 6.20 Å². The van der Waals surface area contributed by atoms with E-state index < -0.39 is 5.97 Å². The third kappa shape index (κ3) is 2.85. The Bertz CT molecular complexity index is 676. The Balaban J connectivity index is 0.00000180. The molecule has 1 aromatic heterocycles. The molecule has 1 radical (unpaired) electrons. The van der Waals surface area contributed by atoms with Gasteiger partial charge in [0, 0.05) is 38.9 Å². The predicted molar refractivity (Wildman–Crippen MR) is 69.4 cm³/mol. The molecule has 0 bridgehead atoms. The van der Waals surface area contributed by atoms with E-state index in [0.717, 1.165) is 0 Å². The quantitative estimate of drug-likeness (QED) is 0.677. The Hall–Kier alpha value is -1.26. The Kier molecular flexibility index (Phi) is 5.21. The van der Waals surface area contributed by atoms with E-state index in [9.17, 15) is 9.59 Å². The minimum Gasteiger partial charge on any atom is -0.462 e. The molecule has 0 fully saturated rings. The van der Waals surface area contributed by atoms with Crippen molar-refractivity contribution < 1.29 is 42.2 Å². The molecule has 0 aliphatic heterocycles. The number of rotatable bonds is 2. The van der Waals surface area contributed by atoms with Crippen LogP contribution in [0.1, 0.15) is 28.4 Å². The molecule has 0 aliphatic carbocycles. The molecular weight excluding hydrogens is 319 g/mol. The molecule has 97 valence electrons. The summed E-state index contributed by atoms with van der Waals surface area (Å²) < 4.78 is 4.83. The molecule has 0 saturated carbocycles. The summed E-state index contributed by atoms with van der Waals surface area (Å²) in [5, 5.41) is 0.382. The Morgan fingerprint density at radius 1 is 1.37 bits per heavy atom. The minimum atomic E-state index is -0.630. The maximum absolute atomic E-state index is 12.2. The van der Waals surface area contributed by atoms with E-state index in [0.29, 0.717) is 22.0 Å². The summed E-state index contributed by atoms with van der Waals surface area (Å²) in [6.07, 6.45) is 1.37. The van der Waals surface area contributed by atoms with Crippen molar-refractivity contribution in [1.29, 1.82) is 0 Å². The SMILES string of the molecule is [CH2-]c1ccc2[nH]cc(C(=O)OCC)c(=O)c2c1[CH2-].[Y]. The second-order valence-electron chi connectivity index (χ2n) is 3.88. The minimum absolute atomic E-state index is 0. The average molecular weight is 332 g/mol. The van der Waals surface area contributed by atoms with Crippen molar-refractivity contribution in [1.82, 2.24) is 4.98 Å². The van der Waals surface area contributed by atoms with Gasteiger partial charge in [-0.1, -0.05) is 0 Å². The van der Waals surface area contributed by atoms with Crippen molar-refractivity contribution in [3.8, 4) is 0 Å². The zero-order valence-corrected chi connectivity index (χ0v) is 13.5. The van der Waals surface area contributed by atoms with Crippen molar-refractivity contribution in [2.45, 2.75) is 6.92 Å². The first kappa shape index (κ1) is 15.8. The largest absolute Gasteiger partial charge is 0.462 e. The van der Waals surface area contributed by atoms with Gasteiger partial charge >= 0.3 is 5.97 Å². The first-order chi connectivity index (χ1) is 8.56. The molecule has 5 heteroatoms. The van der Waals surface area contributed by atoms with Gasteiger partial charge < -0.3 is 14.5 Å². The Labute approximate surface area is 136 Å². The van der Waals surface area contributed by atoms with Crippen LogP contribution in [0.2, 0.25) is 0 Å². The molecule has 0 atom stereocenters. The zero-order valence-electron chi connectivity index (χ0n) is 10.7. The molecule has 19 heavy (non-hydrogen) atoms. The van der Waals surface area contributed by atoms with E-state index >= 15 is 0 Å². The maximum Gasteiger partial charge on any atom is 0.342 e. The fraction of sp³-hybridized carbons (Fsp3) is 0.143. The second kappa shape index (κ2) is 6.26. The van der Waals surface area contributed by atoms with Crippen LogP contribution in [0.5, 0.6) is 0 Å². The molecule has 0 unspecified atom stereocenters. The molecule has 1 N–H and O–H groups in total. The van der Waals surface area contributed by atoms with Gasteiger partial charge in [0.1, 0.15) is 11.0 Å². The van der Waals surface area contributed by atoms with Crippen LogP contribution in [0.3, 0.4) is 0 Å². The number of fused-ring (bicyclic) bond motifs is 1. The van der Waals surface area contributed by atoms with Gasteiger partial charge in [-0.15, -0.1) is 11.5 Å². The van der Waals surface area contributed by atoms with Crippen LogP contribution < -0.4 is 5.43 Å². The van der Waals surface area contributed by atoms with Crippen LogP contribution in [0.15, 0.2) is 23.1 Å². The van der Waals surface area contributed by atoms with Crippen LogP contribution in [0.25, 0.3) is 10.9 Å². The van der Waals surface area contributed by atoms with Crippen LogP contribution in [0, 0.1) is 13.8 Å². The number of aromatic amines is 1. The summed E-state index contributed by atoms with van der Waals surface area (Å²) in [7, 11) is 0. The van der Waals surface area contributed by atoms with Crippen LogP contribution in [-0.2, 0) is 37.4 Å². The van der Waals surface area contributed by atoms with Gasteiger partial charge in [0.05, 0.1) is 6.61 Å². The van der Waals surface area contributed by atoms with Crippen molar-refractivity contribution in [2.24, 2.45) is 0 Å². The van der Waals surface area contributed by atoms with Gasteiger partial charge in [-0.2, -0.15) is 0 Å². The summed E-state index contributed by atoms with van der Waals surface area (Å²) in [4.78, 5) is 26.8. The predicted octanol–water partition coefficient (Wildman–Crippen LogP) is 2.07. The Morgan fingerprint density at radius 2 is 2.05 bits per heavy atom. The van der Waals surface area contributed by atoms with E-state index in [1.807, 2.05) is 0 Å². The number of hydrogen-bond acceptors (Lipinski definition) is 3. The molecule has 2 aromatic rings. The molecule has 0 saturated heterocycles. The van der Waals surface area contributed by atoms with Gasteiger partial charge in [0.15, 0.2) is 0 Å². The van der Waals surface area contributed by atoms with Crippen molar-refractivity contribution in [3.05, 3.63) is 59.1 Å². The zero-order chi connectivity index (χ0) is 13.3. The van der Waals surface area contributed by atoms with Gasteiger partial charge in [-0.3, -0.25) is 25.0 Å². The monoisotopic (exact) mass is 332 g/mol. The molecule has 0 spiro atoms. The first-order valence-corrected chi connectivity index (χ1v) is 5.55. The third-order valence-corrected chi connectivity index (χ3v) is 2.75. The van der Waals surface area contributed by atoms with E-state index in [4.69, 9.17) is 4.74 Å². The number of nitrogens with one attached hydrogen (secondary N) is 1. The number of aromatic nitrogens is 1. The summed E-state index contributed by atoms with van der Waals surface area (Å²) in [5.41, 5.74) is 1.43. The number of esters is 1. The first-order valence-electron chi connectivity index (χ1n) is 5.55. The smallest absolute Gasteiger partial charge is 0.342 e. The van der Waals surface area contributed by atoms with Gasteiger partial charge in [0.2, 0.25) is 0 Å². The number of carbonyl (C=O) groups excluding carboxylic acids is 1. The summed E-state index contributed by atoms with van der Waals surface area (Å²) in [6, 6.07) is 3.51. The number of hydrogen-bond donors (Lipinski definition) is 1. The molecule has 1 aromatic carbocycles. The molecule has 0 amide bonds. The topological polar surface area (TPSA) is 59.2 Å². The van der Waals surface area contributed by atoms with E-state index in [-0.39, 0.29) is 50.3 Å². The summed E-state index contributed by atoms with van der Waals surface area (Å²) >= 11 is 0. The summed E-state index contributed by atoms with van der Waals surface area (Å²) in [5.74, 6) is -0.630. The molecule has 4 nitrogen and oxygen atoms in total. The molecule has 0 aliphatic rings. The summed E-state index contributed by atoms with van der Waals surface area (Å²) in [6.45, 7) is 9.53. The van der Waals surface area contributed by atoms with Crippen LogP contribution in [0.4, 0.5) is 0 Å². The fourth-order valence-electron chi connectivity index (χ4n) is 1.78. The number of pyridine rings is 1. The third-order valence-electron chi connectivity index (χ3n) is 2.75. The second-order valence-corrected chi connectivity index (χ2v) is 3.88. The van der Waals surface area contributed by atoms with Crippen LogP contribution in [-0.4, -0.2) is 17.6 Å². The maximum atomic E-state index is 12.2. The number of carbonyl (C=O) groups is 1. The van der Waals surface area contributed by atoms with Crippen molar-refractivity contribution >= 4 is 16.9 Å². The van der Waals surface area contributed by atoms with Gasteiger partial charge in [-0.05, 0) is 12.4 Å². The molecular formula is C14H13NO3Y-2. The number of H-pyrrole nitrogens is 1. The van der Waals surface area contributed by atoms with E-state index in [2.05, 4.69) is 18.8 Å². The fourth-order valence-corrected chi connectivity index (χ4v) is 1.78. The van der Waals surface area contributed by atoms with E-state index in [1.54, 1.807) is 19.1 Å². The molecule has 1 heterocycles. The van der Waals surface area contributed by atoms with Crippen molar-refractivity contribution in [2.75, 3.05) is 6.61 Å². The van der Waals surface area contributed by atoms with Gasteiger partial charge in [-0.25, -0.2) is 10.9 Å². The Morgan fingerprint density at radius 3 is 2.68 bits per heavy atom. The molecule has 2 rings (SSSR count). The average Bonchev–Trinajstić information content (AvgIpc) is 2.34. The number of ether oxygens (including phenoxy) is 1. The number of benzene rings is 1.